The summed E-state index contributed by atoms with van der Waals surface area (Å²) < 4.78 is 0. The van der Waals surface area contributed by atoms with Crippen LogP contribution in [0.3, 0.4) is 0 Å². The molecule has 23 heavy (non-hydrogen) atoms. The first-order valence-electron chi connectivity index (χ1n) is 8.68. The van der Waals surface area contributed by atoms with Crippen LogP contribution in [0.25, 0.3) is 10.4 Å². The summed E-state index contributed by atoms with van der Waals surface area (Å²) in [7, 11) is 4.14. The Morgan fingerprint density at radius 2 is 1.78 bits per heavy atom. The van der Waals surface area contributed by atoms with Gasteiger partial charge in [-0.15, -0.1) is 11.3 Å². The molecule has 1 heterocycles. The van der Waals surface area contributed by atoms with Crippen molar-refractivity contribution < 1.29 is 0 Å². The lowest BCUT2D eigenvalue weighted by molar-refractivity contribution is 0.458. The topological polar surface area (TPSA) is 28.2 Å². The van der Waals surface area contributed by atoms with Crippen LogP contribution in [0.2, 0.25) is 0 Å². The monoisotopic (exact) mass is 329 g/mol. The van der Waals surface area contributed by atoms with Crippen LogP contribution in [0.4, 0.5) is 5.69 Å². The van der Waals surface area contributed by atoms with Crippen molar-refractivity contribution in [2.24, 2.45) is 0 Å². The largest absolute Gasteiger partial charge is 0.378 e. The Bertz CT molecular complexity index is 595. The normalized spacial score (nSPS) is 16.3. The Balaban J connectivity index is 1.59. The minimum absolute atomic E-state index is 0.684. The molecular weight excluding hydrogens is 302 g/mol. The molecule has 1 aliphatic carbocycles. The first-order chi connectivity index (χ1) is 11.2. The average molecular weight is 330 g/mol. The van der Waals surface area contributed by atoms with E-state index in [9.17, 15) is 0 Å². The molecule has 0 bridgehead atoms. The van der Waals surface area contributed by atoms with Crippen LogP contribution in [-0.4, -0.2) is 25.1 Å². The van der Waals surface area contributed by atoms with E-state index in [1.54, 1.807) is 11.3 Å². The molecule has 0 spiro atoms. The van der Waals surface area contributed by atoms with Gasteiger partial charge in [0.2, 0.25) is 0 Å². The molecule has 0 aliphatic heterocycles. The molecule has 3 nitrogen and oxygen atoms in total. The van der Waals surface area contributed by atoms with Crippen LogP contribution in [0.1, 0.15) is 43.5 Å². The Hall–Kier alpha value is -1.39. The second-order valence-electron chi connectivity index (χ2n) is 6.63. The van der Waals surface area contributed by atoms with E-state index >= 15 is 0 Å². The van der Waals surface area contributed by atoms with Crippen LogP contribution < -0.4 is 10.2 Å². The fraction of sp³-hybridized carbons (Fsp3) is 0.526. The molecule has 1 aromatic heterocycles. The van der Waals surface area contributed by atoms with Crippen LogP contribution in [-0.2, 0) is 6.54 Å². The maximum absolute atomic E-state index is 4.60. The first-order valence-corrected chi connectivity index (χ1v) is 9.50. The number of thiazole rings is 1. The van der Waals surface area contributed by atoms with E-state index in [0.717, 1.165) is 6.54 Å². The molecule has 2 aromatic rings. The summed E-state index contributed by atoms with van der Waals surface area (Å²) in [5.74, 6) is 0. The van der Waals surface area contributed by atoms with E-state index in [2.05, 4.69) is 53.6 Å². The van der Waals surface area contributed by atoms with Gasteiger partial charge < -0.3 is 10.2 Å². The maximum Gasteiger partial charge on any atom is 0.107 e. The molecule has 0 amide bonds. The number of hydrogen-bond acceptors (Lipinski definition) is 4. The highest BCUT2D eigenvalue weighted by Gasteiger charge is 2.12. The van der Waals surface area contributed by atoms with Crippen LogP contribution >= 0.6 is 11.3 Å². The van der Waals surface area contributed by atoms with Crippen LogP contribution in [0.5, 0.6) is 0 Å². The standard InChI is InChI=1S/C19H27N3S/c1-22(2)17-11-9-15(10-12-17)18-13-21-19(23-18)14-20-16-7-5-3-4-6-8-16/h9-13,16,20H,3-8,14H2,1-2H3. The third-order valence-electron chi connectivity index (χ3n) is 4.62. The lowest BCUT2D eigenvalue weighted by atomic mass is 10.1. The molecular formula is C19H27N3S. The van der Waals surface area contributed by atoms with Gasteiger partial charge in [0.25, 0.3) is 0 Å². The predicted molar refractivity (Wildman–Crippen MR) is 100 cm³/mol. The number of nitrogens with one attached hydrogen (secondary N) is 1. The Kier molecular flexibility index (Phi) is 5.68. The predicted octanol–water partition coefficient (Wildman–Crippen LogP) is 4.69. The number of nitrogens with zero attached hydrogens (tertiary/aromatic N) is 2. The molecule has 124 valence electrons. The first kappa shape index (κ1) is 16.5. The molecule has 1 saturated carbocycles. The molecule has 0 radical (unpaired) electrons. The second-order valence-corrected chi connectivity index (χ2v) is 7.74. The Morgan fingerprint density at radius 1 is 1.09 bits per heavy atom. The summed E-state index contributed by atoms with van der Waals surface area (Å²) in [6.45, 7) is 0.908. The molecule has 1 N–H and O–H groups in total. The van der Waals surface area contributed by atoms with Gasteiger partial charge in [-0.1, -0.05) is 37.8 Å². The lowest BCUT2D eigenvalue weighted by Gasteiger charge is -2.14. The summed E-state index contributed by atoms with van der Waals surface area (Å²) in [4.78, 5) is 7.98. The fourth-order valence-corrected chi connectivity index (χ4v) is 4.04. The van der Waals surface area contributed by atoms with Crippen molar-refractivity contribution in [3.63, 3.8) is 0 Å². The smallest absolute Gasteiger partial charge is 0.107 e. The highest BCUT2D eigenvalue weighted by atomic mass is 32.1. The van der Waals surface area contributed by atoms with Crippen molar-refractivity contribution in [3.05, 3.63) is 35.5 Å². The van der Waals surface area contributed by atoms with Crippen molar-refractivity contribution in [2.45, 2.75) is 51.1 Å². The van der Waals surface area contributed by atoms with Gasteiger partial charge in [-0.05, 0) is 30.5 Å². The van der Waals surface area contributed by atoms with Gasteiger partial charge in [0.05, 0.1) is 4.88 Å². The van der Waals surface area contributed by atoms with Crippen molar-refractivity contribution in [1.29, 1.82) is 0 Å². The quantitative estimate of drug-likeness (QED) is 0.807. The number of anilines is 1. The van der Waals surface area contributed by atoms with E-state index in [0.29, 0.717) is 6.04 Å². The molecule has 0 unspecified atom stereocenters. The molecule has 1 aromatic carbocycles. The van der Waals surface area contributed by atoms with Crippen LogP contribution in [0, 0.1) is 0 Å². The maximum atomic E-state index is 4.60. The summed E-state index contributed by atoms with van der Waals surface area (Å²) in [6.07, 6.45) is 10.2. The second kappa shape index (κ2) is 7.93. The molecule has 0 saturated heterocycles. The molecule has 3 rings (SSSR count). The van der Waals surface area contributed by atoms with Crippen LogP contribution in [0.15, 0.2) is 30.5 Å². The van der Waals surface area contributed by atoms with E-state index in [-0.39, 0.29) is 0 Å². The molecule has 4 heteroatoms. The van der Waals surface area contributed by atoms with Gasteiger partial charge in [0.15, 0.2) is 0 Å². The summed E-state index contributed by atoms with van der Waals surface area (Å²) in [6, 6.07) is 9.39. The molecule has 0 atom stereocenters. The Morgan fingerprint density at radius 3 is 2.43 bits per heavy atom. The van der Waals surface area contributed by atoms with Gasteiger partial charge in [-0.3, -0.25) is 0 Å². The summed E-state index contributed by atoms with van der Waals surface area (Å²) in [5.41, 5.74) is 2.49. The molecule has 1 aliphatic rings. The van der Waals surface area contributed by atoms with Crippen molar-refractivity contribution in [3.8, 4) is 10.4 Å². The summed E-state index contributed by atoms with van der Waals surface area (Å²) >= 11 is 1.81. The van der Waals surface area contributed by atoms with Gasteiger partial charge >= 0.3 is 0 Å². The Labute approximate surface area is 143 Å². The minimum atomic E-state index is 0.684. The van der Waals surface area contributed by atoms with E-state index in [4.69, 9.17) is 0 Å². The van der Waals surface area contributed by atoms with Gasteiger partial charge in [-0.2, -0.15) is 0 Å². The third kappa shape index (κ3) is 4.55. The van der Waals surface area contributed by atoms with E-state index in [1.807, 2.05) is 6.20 Å². The highest BCUT2D eigenvalue weighted by Crippen LogP contribution is 2.28. The van der Waals surface area contributed by atoms with Crippen molar-refractivity contribution in [2.75, 3.05) is 19.0 Å². The van der Waals surface area contributed by atoms with Gasteiger partial charge in [0, 0.05) is 38.6 Å². The zero-order valence-corrected chi connectivity index (χ0v) is 15.0. The lowest BCUT2D eigenvalue weighted by Crippen LogP contribution is -2.27. The number of aromatic nitrogens is 1. The highest BCUT2D eigenvalue weighted by molar-refractivity contribution is 7.15. The van der Waals surface area contributed by atoms with E-state index < -0.39 is 0 Å². The number of hydrogen-bond donors (Lipinski definition) is 1. The van der Waals surface area contributed by atoms with Gasteiger partial charge in [0.1, 0.15) is 5.01 Å². The third-order valence-corrected chi connectivity index (χ3v) is 5.67. The van der Waals surface area contributed by atoms with E-state index in [1.165, 1.54) is 59.7 Å². The number of benzene rings is 1. The fourth-order valence-electron chi connectivity index (χ4n) is 3.16. The zero-order chi connectivity index (χ0) is 16.1. The van der Waals surface area contributed by atoms with Gasteiger partial charge in [-0.25, -0.2) is 4.98 Å². The summed E-state index contributed by atoms with van der Waals surface area (Å²) in [5, 5.41) is 4.90. The molecule has 1 fully saturated rings. The minimum Gasteiger partial charge on any atom is -0.378 e. The number of rotatable bonds is 5. The SMILES string of the molecule is CN(C)c1ccc(-c2cnc(CNC3CCCCCC3)s2)cc1. The zero-order valence-electron chi connectivity index (χ0n) is 14.2. The van der Waals surface area contributed by atoms with Crippen molar-refractivity contribution >= 4 is 17.0 Å². The average Bonchev–Trinajstić information content (AvgIpc) is 2.88. The van der Waals surface area contributed by atoms with Crippen molar-refractivity contribution in [1.82, 2.24) is 10.3 Å².